The second-order valence-electron chi connectivity index (χ2n) is 5.34. The average molecular weight is 358 g/mol. The summed E-state index contributed by atoms with van der Waals surface area (Å²) in [5.41, 5.74) is 1.51. The Kier molecular flexibility index (Phi) is 4.90. The fourth-order valence-corrected chi connectivity index (χ4v) is 2.50. The molecule has 7 heteroatoms. The summed E-state index contributed by atoms with van der Waals surface area (Å²) in [6.45, 7) is 0. The number of aromatic nitrogens is 2. The van der Waals surface area contributed by atoms with Crippen molar-refractivity contribution in [3.8, 4) is 17.2 Å². The van der Waals surface area contributed by atoms with E-state index in [0.29, 0.717) is 22.3 Å². The van der Waals surface area contributed by atoms with Crippen molar-refractivity contribution in [2.45, 2.75) is 6.42 Å². The predicted molar refractivity (Wildman–Crippen MR) is 95.6 cm³/mol. The number of ether oxygens (including phenoxy) is 1. The number of hydrogen-bond acceptors (Lipinski definition) is 4. The molecule has 1 amide bonds. The lowest BCUT2D eigenvalue weighted by atomic mass is 10.1. The predicted octanol–water partition coefficient (Wildman–Crippen LogP) is 3.42. The van der Waals surface area contributed by atoms with Crippen molar-refractivity contribution < 1.29 is 14.6 Å². The Morgan fingerprint density at radius 2 is 2.00 bits per heavy atom. The monoisotopic (exact) mass is 357 g/mol. The molecule has 2 N–H and O–H groups in total. The average Bonchev–Trinajstić information content (AvgIpc) is 3.05. The van der Waals surface area contributed by atoms with E-state index < -0.39 is 0 Å². The fourth-order valence-electron chi connectivity index (χ4n) is 2.38. The van der Waals surface area contributed by atoms with Crippen LogP contribution < -0.4 is 10.1 Å². The Bertz CT molecular complexity index is 891. The van der Waals surface area contributed by atoms with Gasteiger partial charge < -0.3 is 15.2 Å². The first kappa shape index (κ1) is 16.9. The molecule has 3 rings (SSSR count). The van der Waals surface area contributed by atoms with Crippen LogP contribution in [0.5, 0.6) is 11.5 Å². The van der Waals surface area contributed by atoms with Crippen LogP contribution >= 0.6 is 11.6 Å². The fraction of sp³-hybridized carbons (Fsp3) is 0.111. The number of halogens is 1. The molecule has 0 aliphatic carbocycles. The minimum atomic E-state index is -0.171. The highest BCUT2D eigenvalue weighted by molar-refractivity contribution is 6.30. The first-order valence-electron chi connectivity index (χ1n) is 7.52. The lowest BCUT2D eigenvalue weighted by Gasteiger charge is -2.11. The smallest absolute Gasteiger partial charge is 0.229 e. The van der Waals surface area contributed by atoms with Gasteiger partial charge in [0.15, 0.2) is 11.5 Å². The summed E-state index contributed by atoms with van der Waals surface area (Å²) in [5, 5.41) is 17.4. The molecule has 128 valence electrons. The first-order chi connectivity index (χ1) is 12.1. The third-order valence-electron chi connectivity index (χ3n) is 3.60. The van der Waals surface area contributed by atoms with Crippen LogP contribution in [0.1, 0.15) is 5.56 Å². The highest BCUT2D eigenvalue weighted by Gasteiger charge is 2.11. The summed E-state index contributed by atoms with van der Waals surface area (Å²) in [6.07, 6.45) is 1.80. The van der Waals surface area contributed by atoms with E-state index >= 15 is 0 Å². The number of hydrogen-bond donors (Lipinski definition) is 2. The Morgan fingerprint density at radius 1 is 1.24 bits per heavy atom. The lowest BCUT2D eigenvalue weighted by molar-refractivity contribution is -0.115. The molecule has 0 unspecified atom stereocenters. The third kappa shape index (κ3) is 3.92. The van der Waals surface area contributed by atoms with Crippen LogP contribution in [0.25, 0.3) is 5.69 Å². The van der Waals surface area contributed by atoms with Crippen LogP contribution in [0.4, 0.5) is 5.82 Å². The summed E-state index contributed by atoms with van der Waals surface area (Å²) in [5.74, 6) is 0.708. The SMILES string of the molecule is COc1cc(-n2nccc2NC(=O)Cc2ccc(Cl)cc2)ccc1O. The number of carbonyl (C=O) groups excluding carboxylic acids is 1. The van der Waals surface area contributed by atoms with Crippen LogP contribution in [-0.2, 0) is 11.2 Å². The van der Waals surface area contributed by atoms with E-state index in [1.165, 1.54) is 13.2 Å². The Morgan fingerprint density at radius 3 is 2.72 bits per heavy atom. The molecule has 1 aromatic heterocycles. The number of nitrogens with one attached hydrogen (secondary N) is 1. The van der Waals surface area contributed by atoms with Gasteiger partial charge in [0.2, 0.25) is 5.91 Å². The molecule has 3 aromatic rings. The van der Waals surface area contributed by atoms with Crippen LogP contribution in [0.2, 0.25) is 5.02 Å². The summed E-state index contributed by atoms with van der Waals surface area (Å²) in [7, 11) is 1.47. The second-order valence-corrected chi connectivity index (χ2v) is 5.77. The molecule has 0 radical (unpaired) electrons. The number of phenols is 1. The van der Waals surface area contributed by atoms with E-state index in [2.05, 4.69) is 10.4 Å². The van der Waals surface area contributed by atoms with Crippen molar-refractivity contribution in [2.75, 3.05) is 12.4 Å². The summed E-state index contributed by atoms with van der Waals surface area (Å²) in [4.78, 5) is 12.3. The normalized spacial score (nSPS) is 10.5. The Balaban J connectivity index is 1.77. The van der Waals surface area contributed by atoms with Crippen molar-refractivity contribution in [2.24, 2.45) is 0 Å². The van der Waals surface area contributed by atoms with Gasteiger partial charge in [-0.3, -0.25) is 4.79 Å². The van der Waals surface area contributed by atoms with E-state index in [-0.39, 0.29) is 18.1 Å². The maximum atomic E-state index is 12.3. The largest absolute Gasteiger partial charge is 0.504 e. The maximum absolute atomic E-state index is 12.3. The number of aromatic hydroxyl groups is 1. The molecule has 1 heterocycles. The van der Waals surface area contributed by atoms with Crippen molar-refractivity contribution in [3.63, 3.8) is 0 Å². The molecule has 6 nitrogen and oxygen atoms in total. The van der Waals surface area contributed by atoms with Gasteiger partial charge >= 0.3 is 0 Å². The summed E-state index contributed by atoms with van der Waals surface area (Å²) >= 11 is 5.85. The van der Waals surface area contributed by atoms with E-state index in [4.69, 9.17) is 16.3 Å². The van der Waals surface area contributed by atoms with Crippen LogP contribution in [0, 0.1) is 0 Å². The van der Waals surface area contributed by atoms with Crippen molar-refractivity contribution in [1.29, 1.82) is 0 Å². The van der Waals surface area contributed by atoms with Gasteiger partial charge in [-0.25, -0.2) is 4.68 Å². The quantitative estimate of drug-likeness (QED) is 0.733. The molecule has 0 aliphatic rings. The molecule has 2 aromatic carbocycles. The zero-order valence-electron chi connectivity index (χ0n) is 13.4. The van der Waals surface area contributed by atoms with Crippen molar-refractivity contribution in [3.05, 3.63) is 65.3 Å². The molecular weight excluding hydrogens is 342 g/mol. The molecule has 0 fully saturated rings. The lowest BCUT2D eigenvalue weighted by Crippen LogP contribution is -2.17. The van der Waals surface area contributed by atoms with E-state index in [1.807, 2.05) is 12.1 Å². The number of amides is 1. The number of carbonyl (C=O) groups is 1. The Hall–Kier alpha value is -2.99. The van der Waals surface area contributed by atoms with Gasteiger partial charge in [0.05, 0.1) is 25.4 Å². The Labute approximate surface area is 149 Å². The first-order valence-corrected chi connectivity index (χ1v) is 7.90. The highest BCUT2D eigenvalue weighted by atomic mass is 35.5. The number of nitrogens with zero attached hydrogens (tertiary/aromatic N) is 2. The standard InChI is InChI=1S/C18H16ClN3O3/c1-25-16-11-14(6-7-15(16)23)22-17(8-9-20-22)21-18(24)10-12-2-4-13(19)5-3-12/h2-9,11,23H,10H2,1H3,(H,21,24). The van der Waals surface area contributed by atoms with Gasteiger partial charge in [0.25, 0.3) is 0 Å². The number of benzene rings is 2. The van der Waals surface area contributed by atoms with Gasteiger partial charge in [0, 0.05) is 17.2 Å². The molecule has 0 spiro atoms. The van der Waals surface area contributed by atoms with Gasteiger partial charge in [-0.05, 0) is 29.8 Å². The molecule has 0 saturated carbocycles. The van der Waals surface area contributed by atoms with Crippen molar-refractivity contribution >= 4 is 23.3 Å². The van der Waals surface area contributed by atoms with Gasteiger partial charge in [-0.1, -0.05) is 23.7 Å². The molecule has 0 saturated heterocycles. The molecule has 25 heavy (non-hydrogen) atoms. The van der Waals surface area contributed by atoms with Gasteiger partial charge in [-0.15, -0.1) is 0 Å². The topological polar surface area (TPSA) is 76.4 Å². The van der Waals surface area contributed by atoms with E-state index in [0.717, 1.165) is 5.56 Å². The van der Waals surface area contributed by atoms with E-state index in [9.17, 15) is 9.90 Å². The number of methoxy groups -OCH3 is 1. The summed E-state index contributed by atoms with van der Waals surface area (Å²) < 4.78 is 6.66. The molecule has 0 bridgehead atoms. The van der Waals surface area contributed by atoms with Crippen molar-refractivity contribution in [1.82, 2.24) is 9.78 Å². The summed E-state index contributed by atoms with van der Waals surface area (Å²) in [6, 6.07) is 13.6. The maximum Gasteiger partial charge on any atom is 0.229 e. The molecular formula is C18H16ClN3O3. The zero-order chi connectivity index (χ0) is 17.8. The number of phenolic OH excluding ortho intramolecular Hbond substituents is 1. The zero-order valence-corrected chi connectivity index (χ0v) is 14.2. The minimum absolute atomic E-state index is 0.0340. The van der Waals surface area contributed by atoms with Gasteiger partial charge in [0.1, 0.15) is 5.82 Å². The van der Waals surface area contributed by atoms with Crippen LogP contribution in [0.3, 0.4) is 0 Å². The van der Waals surface area contributed by atoms with Crippen LogP contribution in [-0.4, -0.2) is 27.9 Å². The molecule has 0 aliphatic heterocycles. The minimum Gasteiger partial charge on any atom is -0.504 e. The van der Waals surface area contributed by atoms with E-state index in [1.54, 1.807) is 41.2 Å². The highest BCUT2D eigenvalue weighted by Crippen LogP contribution is 2.28. The molecule has 0 atom stereocenters. The van der Waals surface area contributed by atoms with Gasteiger partial charge in [-0.2, -0.15) is 5.10 Å². The third-order valence-corrected chi connectivity index (χ3v) is 3.85. The number of rotatable bonds is 5. The van der Waals surface area contributed by atoms with Crippen LogP contribution in [0.15, 0.2) is 54.7 Å². The second kappa shape index (κ2) is 7.27. The number of anilines is 1.